The van der Waals surface area contributed by atoms with Crippen LogP contribution in [0.3, 0.4) is 0 Å². The summed E-state index contributed by atoms with van der Waals surface area (Å²) >= 11 is 0. The maximum atomic E-state index is 12.8. The molecule has 1 N–H and O–H groups in total. The molecule has 1 aromatic heterocycles. The first-order chi connectivity index (χ1) is 11.7. The van der Waals surface area contributed by atoms with E-state index < -0.39 is 11.7 Å². The summed E-state index contributed by atoms with van der Waals surface area (Å²) in [5, 5.41) is 2.69. The van der Waals surface area contributed by atoms with Crippen LogP contribution in [0.4, 0.5) is 4.79 Å². The van der Waals surface area contributed by atoms with Gasteiger partial charge in [-0.05, 0) is 37.1 Å². The Bertz CT molecular complexity index is 754. The lowest BCUT2D eigenvalue weighted by atomic mass is 9.92. The molecular weight excluding hydrogens is 308 g/mol. The van der Waals surface area contributed by atoms with Gasteiger partial charge >= 0.3 is 6.09 Å². The lowest BCUT2D eigenvalue weighted by Crippen LogP contribution is -2.52. The van der Waals surface area contributed by atoms with Gasteiger partial charge in [0, 0.05) is 17.7 Å². The minimum atomic E-state index is -0.570. The van der Waals surface area contributed by atoms with E-state index >= 15 is 0 Å². The minimum absolute atomic E-state index is 0.0389. The van der Waals surface area contributed by atoms with Crippen LogP contribution in [0, 0.1) is 0 Å². The summed E-state index contributed by atoms with van der Waals surface area (Å²) in [6, 6.07) is 11.1. The number of furan rings is 1. The molecule has 0 radical (unpaired) electrons. The summed E-state index contributed by atoms with van der Waals surface area (Å²) < 4.78 is 10.8. The van der Waals surface area contributed by atoms with Crippen molar-refractivity contribution in [3.05, 3.63) is 48.2 Å². The minimum Gasteiger partial charge on any atom is -0.464 e. The van der Waals surface area contributed by atoms with Gasteiger partial charge in [-0.2, -0.15) is 0 Å². The van der Waals surface area contributed by atoms with Gasteiger partial charge in [-0.3, -0.25) is 4.79 Å². The average molecular weight is 326 g/mol. The fourth-order valence-electron chi connectivity index (χ4n) is 3.40. The van der Waals surface area contributed by atoms with E-state index in [1.807, 2.05) is 24.3 Å². The normalized spacial score (nSPS) is 23.2. The van der Waals surface area contributed by atoms with E-state index in [9.17, 15) is 9.59 Å². The number of benzene rings is 1. The van der Waals surface area contributed by atoms with Gasteiger partial charge in [-0.15, -0.1) is 0 Å². The third-order valence-electron chi connectivity index (χ3n) is 4.63. The van der Waals surface area contributed by atoms with E-state index in [-0.39, 0.29) is 5.91 Å². The van der Waals surface area contributed by atoms with E-state index in [4.69, 9.17) is 9.15 Å². The topological polar surface area (TPSA) is 71.8 Å². The molecule has 2 amide bonds. The Morgan fingerprint density at radius 3 is 2.71 bits per heavy atom. The molecule has 1 spiro atoms. The molecule has 6 nitrogen and oxygen atoms in total. The summed E-state index contributed by atoms with van der Waals surface area (Å²) in [6.45, 7) is 1.58. The Balaban J connectivity index is 1.50. The van der Waals surface area contributed by atoms with Crippen LogP contribution in [0.1, 0.15) is 23.2 Å². The molecule has 6 heteroatoms. The van der Waals surface area contributed by atoms with Gasteiger partial charge in [0.15, 0.2) is 0 Å². The van der Waals surface area contributed by atoms with E-state index in [1.165, 1.54) is 0 Å². The highest BCUT2D eigenvalue weighted by Crippen LogP contribution is 2.29. The largest absolute Gasteiger partial charge is 0.464 e. The van der Waals surface area contributed by atoms with Gasteiger partial charge in [0.05, 0.1) is 19.4 Å². The fraction of sp³-hybridized carbons (Fsp3) is 0.333. The molecule has 2 fully saturated rings. The molecule has 24 heavy (non-hydrogen) atoms. The van der Waals surface area contributed by atoms with Crippen molar-refractivity contribution < 1.29 is 18.7 Å². The Labute approximate surface area is 139 Å². The maximum absolute atomic E-state index is 12.8. The number of ether oxygens (including phenoxy) is 1. The summed E-state index contributed by atoms with van der Waals surface area (Å²) in [4.78, 5) is 25.9. The van der Waals surface area contributed by atoms with Crippen molar-refractivity contribution in [2.24, 2.45) is 0 Å². The number of piperidine rings is 1. The highest BCUT2D eigenvalue weighted by molar-refractivity contribution is 5.94. The number of hydrogen-bond donors (Lipinski definition) is 1. The molecule has 0 saturated carbocycles. The molecular formula is C18H18N2O4. The van der Waals surface area contributed by atoms with Crippen LogP contribution in [-0.4, -0.2) is 42.1 Å². The van der Waals surface area contributed by atoms with Gasteiger partial charge in [0.25, 0.3) is 5.91 Å². The Hall–Kier alpha value is -2.76. The van der Waals surface area contributed by atoms with Crippen molar-refractivity contribution in [1.29, 1.82) is 0 Å². The molecule has 2 aliphatic heterocycles. The van der Waals surface area contributed by atoms with Crippen LogP contribution in [0.25, 0.3) is 11.3 Å². The molecule has 0 bridgehead atoms. The van der Waals surface area contributed by atoms with E-state index in [1.54, 1.807) is 23.3 Å². The number of alkyl carbamates (subject to hydrolysis) is 1. The summed E-state index contributed by atoms with van der Waals surface area (Å²) in [6.07, 6.45) is 2.84. The highest BCUT2D eigenvalue weighted by atomic mass is 16.6. The summed E-state index contributed by atoms with van der Waals surface area (Å²) in [7, 11) is 0. The zero-order valence-electron chi connectivity index (χ0n) is 13.2. The van der Waals surface area contributed by atoms with Crippen molar-refractivity contribution in [3.63, 3.8) is 0 Å². The predicted octanol–water partition coefficient (Wildman–Crippen LogP) is 2.66. The third-order valence-corrected chi connectivity index (χ3v) is 4.63. The number of carbonyl (C=O) groups excluding carboxylic acids is 2. The highest BCUT2D eigenvalue weighted by Gasteiger charge is 2.44. The lowest BCUT2D eigenvalue weighted by molar-refractivity contribution is -0.00503. The van der Waals surface area contributed by atoms with E-state index in [0.717, 1.165) is 24.2 Å². The number of nitrogens with zero attached hydrogens (tertiary/aromatic N) is 1. The Morgan fingerprint density at radius 2 is 2.04 bits per heavy atom. The quantitative estimate of drug-likeness (QED) is 0.921. The standard InChI is InChI=1S/C18H18N2O4/c21-16(14-6-4-13(5-7-14)15-3-1-10-23-15)20-9-2-8-18(12-20)11-19-17(22)24-18/h1,3-7,10H,2,8-9,11-12H2,(H,19,22)/t18-/m1/s1. The molecule has 2 aromatic rings. The second-order valence-corrected chi connectivity index (χ2v) is 6.31. The number of amides is 2. The van der Waals surface area contributed by atoms with Gasteiger partial charge < -0.3 is 19.4 Å². The van der Waals surface area contributed by atoms with E-state index in [0.29, 0.717) is 25.2 Å². The molecule has 4 rings (SSSR count). The van der Waals surface area contributed by atoms with Crippen LogP contribution in [0.2, 0.25) is 0 Å². The second kappa shape index (κ2) is 5.70. The fourth-order valence-corrected chi connectivity index (χ4v) is 3.40. The van der Waals surface area contributed by atoms with Gasteiger partial charge in [-0.1, -0.05) is 12.1 Å². The summed E-state index contributed by atoms with van der Waals surface area (Å²) in [5.74, 6) is 0.734. The van der Waals surface area contributed by atoms with Crippen molar-refractivity contribution >= 4 is 12.0 Å². The smallest absolute Gasteiger partial charge is 0.407 e. The van der Waals surface area contributed by atoms with Crippen molar-refractivity contribution in [3.8, 4) is 11.3 Å². The maximum Gasteiger partial charge on any atom is 0.407 e. The number of carbonyl (C=O) groups is 2. The molecule has 124 valence electrons. The Morgan fingerprint density at radius 1 is 1.21 bits per heavy atom. The second-order valence-electron chi connectivity index (χ2n) is 6.31. The molecule has 0 aliphatic carbocycles. The lowest BCUT2D eigenvalue weighted by Gasteiger charge is -2.38. The molecule has 0 unspecified atom stereocenters. The van der Waals surface area contributed by atoms with Gasteiger partial charge in [0.2, 0.25) is 0 Å². The van der Waals surface area contributed by atoms with Crippen molar-refractivity contribution in [2.45, 2.75) is 18.4 Å². The number of rotatable bonds is 2. The SMILES string of the molecule is O=C1NC[C@@]2(CCCN(C(=O)c3ccc(-c4ccco4)cc3)C2)O1. The molecule has 2 aliphatic rings. The van der Waals surface area contributed by atoms with Crippen LogP contribution < -0.4 is 5.32 Å². The molecule has 1 atom stereocenters. The zero-order valence-corrected chi connectivity index (χ0v) is 13.2. The first kappa shape index (κ1) is 14.8. The zero-order chi connectivity index (χ0) is 16.6. The first-order valence-electron chi connectivity index (χ1n) is 8.05. The summed E-state index contributed by atoms with van der Waals surface area (Å²) in [5.41, 5.74) is 0.985. The van der Waals surface area contributed by atoms with Crippen LogP contribution in [0.5, 0.6) is 0 Å². The van der Waals surface area contributed by atoms with Crippen molar-refractivity contribution in [1.82, 2.24) is 10.2 Å². The predicted molar refractivity (Wildman–Crippen MR) is 86.5 cm³/mol. The number of nitrogens with one attached hydrogen (secondary N) is 1. The van der Waals surface area contributed by atoms with Gasteiger partial charge in [0.1, 0.15) is 11.4 Å². The van der Waals surface area contributed by atoms with Crippen LogP contribution in [-0.2, 0) is 4.74 Å². The molecule has 2 saturated heterocycles. The number of hydrogen-bond acceptors (Lipinski definition) is 4. The molecule has 1 aromatic carbocycles. The molecule has 3 heterocycles. The monoisotopic (exact) mass is 326 g/mol. The van der Waals surface area contributed by atoms with Gasteiger partial charge in [-0.25, -0.2) is 4.79 Å². The van der Waals surface area contributed by atoms with Crippen LogP contribution in [0.15, 0.2) is 47.1 Å². The van der Waals surface area contributed by atoms with Crippen molar-refractivity contribution in [2.75, 3.05) is 19.6 Å². The van der Waals surface area contributed by atoms with Crippen LogP contribution >= 0.6 is 0 Å². The third kappa shape index (κ3) is 2.64. The Kier molecular flexibility index (Phi) is 3.52. The average Bonchev–Trinajstić information content (AvgIpc) is 3.25. The van der Waals surface area contributed by atoms with E-state index in [2.05, 4.69) is 5.32 Å². The number of likely N-dealkylation sites (tertiary alicyclic amines) is 1. The first-order valence-corrected chi connectivity index (χ1v) is 8.05.